The number of nitrogens with zero attached hydrogens (tertiary/aromatic N) is 4. The summed E-state index contributed by atoms with van der Waals surface area (Å²) in [5.74, 6) is 0.134. The average molecular weight is 367 g/mol. The first-order valence-electron chi connectivity index (χ1n) is 8.02. The quantitative estimate of drug-likeness (QED) is 0.595. The van der Waals surface area contributed by atoms with Gasteiger partial charge < -0.3 is 5.32 Å². The van der Waals surface area contributed by atoms with Gasteiger partial charge in [0.05, 0.1) is 0 Å². The number of hydrogen-bond acceptors (Lipinski definition) is 5. The molecule has 0 saturated heterocycles. The maximum atomic E-state index is 13.0. The predicted molar refractivity (Wildman–Crippen MR) is 97.8 cm³/mol. The number of carbonyl (C=O) groups excluding carboxylic acids is 1. The lowest BCUT2D eigenvalue weighted by molar-refractivity contribution is 0.102. The summed E-state index contributed by atoms with van der Waals surface area (Å²) < 4.78 is 14.7. The number of anilines is 1. The molecule has 0 aliphatic carbocycles. The fourth-order valence-corrected chi connectivity index (χ4v) is 3.38. The minimum absolute atomic E-state index is 0.298. The van der Waals surface area contributed by atoms with Gasteiger partial charge in [-0.2, -0.15) is 9.61 Å². The molecule has 2 heterocycles. The highest BCUT2D eigenvalue weighted by Gasteiger charge is 2.13. The molecular formula is C18H14FN5OS. The third-order valence-electron chi connectivity index (χ3n) is 3.85. The van der Waals surface area contributed by atoms with Crippen molar-refractivity contribution in [2.75, 3.05) is 5.32 Å². The van der Waals surface area contributed by atoms with Crippen LogP contribution in [0.15, 0.2) is 48.5 Å². The summed E-state index contributed by atoms with van der Waals surface area (Å²) >= 11 is 1.44. The highest BCUT2D eigenvalue weighted by atomic mass is 32.1. The van der Waals surface area contributed by atoms with Crippen LogP contribution < -0.4 is 5.32 Å². The summed E-state index contributed by atoms with van der Waals surface area (Å²) in [4.78, 5) is 13.0. The molecule has 0 bridgehead atoms. The molecule has 0 fully saturated rings. The number of halogens is 1. The van der Waals surface area contributed by atoms with E-state index in [4.69, 9.17) is 0 Å². The fourth-order valence-electron chi connectivity index (χ4n) is 2.53. The van der Waals surface area contributed by atoms with E-state index < -0.39 is 0 Å². The van der Waals surface area contributed by atoms with E-state index in [2.05, 4.69) is 20.6 Å². The monoisotopic (exact) mass is 367 g/mol. The van der Waals surface area contributed by atoms with Crippen molar-refractivity contribution in [3.8, 4) is 10.6 Å². The van der Waals surface area contributed by atoms with Gasteiger partial charge in [0.25, 0.3) is 5.91 Å². The number of fused-ring (bicyclic) bond motifs is 1. The molecule has 130 valence electrons. The molecule has 2 aromatic heterocycles. The van der Waals surface area contributed by atoms with Crippen LogP contribution >= 0.6 is 11.3 Å². The smallest absolute Gasteiger partial charge is 0.255 e. The number of aromatic nitrogens is 4. The second-order valence-corrected chi connectivity index (χ2v) is 6.57. The van der Waals surface area contributed by atoms with E-state index in [1.165, 1.54) is 35.6 Å². The van der Waals surface area contributed by atoms with Gasteiger partial charge in [-0.25, -0.2) is 4.39 Å². The third kappa shape index (κ3) is 3.06. The standard InChI is InChI=1S/C18H14FN5OS/c1-2-15-21-22-18-24(15)23-17(26-18)12-4-3-5-14(10-12)20-16(25)11-6-8-13(19)9-7-11/h3-10H,2H2,1H3,(H,20,25). The van der Waals surface area contributed by atoms with Crippen molar-refractivity contribution in [1.29, 1.82) is 0 Å². The van der Waals surface area contributed by atoms with E-state index in [1.807, 2.05) is 25.1 Å². The minimum atomic E-state index is -0.377. The van der Waals surface area contributed by atoms with Crippen molar-refractivity contribution in [3.05, 3.63) is 65.7 Å². The normalized spacial score (nSPS) is 11.0. The van der Waals surface area contributed by atoms with Crippen molar-refractivity contribution >= 4 is 27.9 Å². The van der Waals surface area contributed by atoms with Crippen LogP contribution in [0.25, 0.3) is 15.5 Å². The van der Waals surface area contributed by atoms with E-state index in [9.17, 15) is 9.18 Å². The SMILES string of the molecule is CCc1nnc2sc(-c3cccc(NC(=O)c4ccc(F)cc4)c3)nn12. The van der Waals surface area contributed by atoms with Crippen LogP contribution in [0.3, 0.4) is 0 Å². The van der Waals surface area contributed by atoms with Crippen molar-refractivity contribution in [1.82, 2.24) is 19.8 Å². The van der Waals surface area contributed by atoms with Gasteiger partial charge >= 0.3 is 0 Å². The zero-order valence-corrected chi connectivity index (χ0v) is 14.6. The number of nitrogens with one attached hydrogen (secondary N) is 1. The maximum Gasteiger partial charge on any atom is 0.255 e. The average Bonchev–Trinajstić information content (AvgIpc) is 3.23. The number of hydrogen-bond donors (Lipinski definition) is 1. The van der Waals surface area contributed by atoms with Gasteiger partial charge in [0.15, 0.2) is 5.82 Å². The second kappa shape index (κ2) is 6.64. The summed E-state index contributed by atoms with van der Waals surface area (Å²) in [6.45, 7) is 2.00. The highest BCUT2D eigenvalue weighted by molar-refractivity contribution is 7.19. The van der Waals surface area contributed by atoms with Crippen molar-refractivity contribution in [2.24, 2.45) is 0 Å². The molecule has 26 heavy (non-hydrogen) atoms. The lowest BCUT2D eigenvalue weighted by atomic mass is 10.2. The van der Waals surface area contributed by atoms with Crippen LogP contribution in [0.1, 0.15) is 23.1 Å². The Hall–Kier alpha value is -3.13. The highest BCUT2D eigenvalue weighted by Crippen LogP contribution is 2.27. The van der Waals surface area contributed by atoms with Crippen molar-refractivity contribution < 1.29 is 9.18 Å². The van der Waals surface area contributed by atoms with Crippen molar-refractivity contribution in [2.45, 2.75) is 13.3 Å². The van der Waals surface area contributed by atoms with E-state index in [0.717, 1.165) is 27.8 Å². The number of rotatable bonds is 4. The molecule has 6 nitrogen and oxygen atoms in total. The topological polar surface area (TPSA) is 72.2 Å². The molecule has 0 unspecified atom stereocenters. The molecular weight excluding hydrogens is 353 g/mol. The summed E-state index contributed by atoms with van der Waals surface area (Å²) in [6, 6.07) is 12.8. The van der Waals surface area contributed by atoms with Crippen LogP contribution in [0, 0.1) is 5.82 Å². The van der Waals surface area contributed by atoms with Crippen LogP contribution in [-0.2, 0) is 6.42 Å². The molecule has 0 spiro atoms. The molecule has 0 saturated carbocycles. The Labute approximate surface area is 152 Å². The number of aryl methyl sites for hydroxylation is 1. The lowest BCUT2D eigenvalue weighted by Gasteiger charge is -2.06. The lowest BCUT2D eigenvalue weighted by Crippen LogP contribution is -2.11. The molecule has 8 heteroatoms. The largest absolute Gasteiger partial charge is 0.322 e. The summed E-state index contributed by atoms with van der Waals surface area (Å²) in [6.07, 6.45) is 0.748. The Balaban J connectivity index is 1.60. The molecule has 1 N–H and O–H groups in total. The first-order chi connectivity index (χ1) is 12.6. The summed E-state index contributed by atoms with van der Waals surface area (Å²) in [5.41, 5.74) is 1.90. The van der Waals surface area contributed by atoms with Gasteiger partial charge in [-0.05, 0) is 36.4 Å². The number of carbonyl (C=O) groups is 1. The molecule has 1 amide bonds. The fraction of sp³-hybridized carbons (Fsp3) is 0.111. The number of benzene rings is 2. The first kappa shape index (κ1) is 16.3. The van der Waals surface area contributed by atoms with E-state index in [-0.39, 0.29) is 11.7 Å². The van der Waals surface area contributed by atoms with Gasteiger partial charge in [0.1, 0.15) is 10.8 Å². The molecule has 0 atom stereocenters. The zero-order chi connectivity index (χ0) is 18.1. The van der Waals surface area contributed by atoms with Gasteiger partial charge in [0, 0.05) is 23.2 Å². The van der Waals surface area contributed by atoms with E-state index in [0.29, 0.717) is 11.3 Å². The van der Waals surface area contributed by atoms with Gasteiger partial charge in [-0.1, -0.05) is 30.4 Å². The second-order valence-electron chi connectivity index (χ2n) is 5.61. The van der Waals surface area contributed by atoms with Crippen LogP contribution in [0.4, 0.5) is 10.1 Å². The summed E-state index contributed by atoms with van der Waals surface area (Å²) in [5, 5.41) is 16.4. The van der Waals surface area contributed by atoms with Crippen molar-refractivity contribution in [3.63, 3.8) is 0 Å². The Morgan fingerprint density at radius 3 is 2.77 bits per heavy atom. The van der Waals surface area contributed by atoms with E-state index in [1.54, 1.807) is 10.6 Å². The van der Waals surface area contributed by atoms with E-state index >= 15 is 0 Å². The molecule has 0 aliphatic heterocycles. The molecule has 0 aliphatic rings. The Morgan fingerprint density at radius 1 is 1.19 bits per heavy atom. The molecule has 0 radical (unpaired) electrons. The molecule has 2 aromatic carbocycles. The molecule has 4 aromatic rings. The minimum Gasteiger partial charge on any atom is -0.322 e. The predicted octanol–water partition coefficient (Wildman–Crippen LogP) is 3.81. The van der Waals surface area contributed by atoms with Gasteiger partial charge in [-0.15, -0.1) is 10.2 Å². The van der Waals surface area contributed by atoms with Gasteiger partial charge in [0.2, 0.25) is 4.96 Å². The summed E-state index contributed by atoms with van der Waals surface area (Å²) in [7, 11) is 0. The first-order valence-corrected chi connectivity index (χ1v) is 8.84. The zero-order valence-electron chi connectivity index (χ0n) is 13.8. The number of amides is 1. The Bertz CT molecular complexity index is 1090. The molecule has 4 rings (SSSR count). The van der Waals surface area contributed by atoms with Crippen LogP contribution in [0.5, 0.6) is 0 Å². The Kier molecular flexibility index (Phi) is 4.18. The Morgan fingerprint density at radius 2 is 2.00 bits per heavy atom. The van der Waals surface area contributed by atoms with Crippen LogP contribution in [-0.4, -0.2) is 25.7 Å². The van der Waals surface area contributed by atoms with Gasteiger partial charge in [-0.3, -0.25) is 4.79 Å². The maximum absolute atomic E-state index is 13.0. The third-order valence-corrected chi connectivity index (χ3v) is 4.79. The van der Waals surface area contributed by atoms with Crippen LogP contribution in [0.2, 0.25) is 0 Å².